The van der Waals surface area contributed by atoms with Crippen molar-refractivity contribution < 1.29 is 9.53 Å². The van der Waals surface area contributed by atoms with Crippen LogP contribution in [0.1, 0.15) is 10.6 Å². The van der Waals surface area contributed by atoms with Gasteiger partial charge in [-0.25, -0.2) is 0 Å². The van der Waals surface area contributed by atoms with E-state index in [1.807, 2.05) is 48.5 Å². The Morgan fingerprint density at radius 3 is 2.67 bits per heavy atom. The van der Waals surface area contributed by atoms with Crippen LogP contribution in [0.25, 0.3) is 16.5 Å². The molecule has 138 valence electrons. The highest BCUT2D eigenvalue weighted by Gasteiger charge is 2.12. The summed E-state index contributed by atoms with van der Waals surface area (Å²) in [5.41, 5.74) is 2.04. The lowest BCUT2D eigenvalue weighted by Gasteiger charge is -2.20. The zero-order valence-corrected chi connectivity index (χ0v) is 16.1. The van der Waals surface area contributed by atoms with Gasteiger partial charge < -0.3 is 9.64 Å². The number of hydrogen-bond donors (Lipinski definition) is 0. The Labute approximate surface area is 163 Å². The molecule has 2 aromatic heterocycles. The van der Waals surface area contributed by atoms with Crippen molar-refractivity contribution in [2.75, 3.05) is 20.3 Å². The van der Waals surface area contributed by atoms with Crippen molar-refractivity contribution in [3.63, 3.8) is 0 Å². The molecule has 0 fully saturated rings. The molecule has 1 aromatic carbocycles. The first-order valence-electron chi connectivity index (χ1n) is 8.77. The molecule has 0 unspecified atom stereocenters. The van der Waals surface area contributed by atoms with Gasteiger partial charge >= 0.3 is 0 Å². The average Bonchev–Trinajstić information content (AvgIpc) is 3.20. The molecule has 0 spiro atoms. The smallest absolute Gasteiger partial charge is 0.247 e. The topological polar surface area (TPSA) is 42.4 Å². The number of benzene rings is 1. The second-order valence-corrected chi connectivity index (χ2v) is 7.09. The molecule has 0 bridgehead atoms. The Kier molecular flexibility index (Phi) is 6.90. The zero-order chi connectivity index (χ0) is 18.9. The molecule has 27 heavy (non-hydrogen) atoms. The number of methoxy groups -OCH3 is 1. The predicted octanol–water partition coefficient (Wildman–Crippen LogP) is 4.50. The highest BCUT2D eigenvalue weighted by Crippen LogP contribution is 2.28. The van der Waals surface area contributed by atoms with E-state index in [1.54, 1.807) is 35.6 Å². The molecule has 0 saturated carbocycles. The summed E-state index contributed by atoms with van der Waals surface area (Å²) >= 11 is 1.67. The van der Waals surface area contributed by atoms with Crippen molar-refractivity contribution in [1.82, 2.24) is 9.88 Å². The first-order chi connectivity index (χ1) is 13.3. The van der Waals surface area contributed by atoms with Crippen LogP contribution >= 0.6 is 11.3 Å². The quantitative estimate of drug-likeness (QED) is 0.542. The normalized spacial score (nSPS) is 11.0. The number of ether oxygens (including phenoxy) is 1. The molecule has 0 aliphatic heterocycles. The molecule has 3 rings (SSSR count). The molecule has 3 aromatic rings. The Morgan fingerprint density at radius 2 is 1.93 bits per heavy atom. The molecule has 4 nitrogen and oxygen atoms in total. The fraction of sp³-hybridized carbons (Fsp3) is 0.182. The van der Waals surface area contributed by atoms with Crippen LogP contribution in [-0.2, 0) is 16.1 Å². The standard InChI is InChI=1S/C22H22N2O2S/c1-26-16-15-24(17-19-9-5-6-14-23-19)22(25)13-11-20-10-12-21(27-20)18-7-3-2-4-8-18/h2-14H,15-17H2,1H3/b13-11+. The number of carbonyl (C=O) groups excluding carboxylic acids is 1. The van der Waals surface area contributed by atoms with E-state index in [0.717, 1.165) is 10.6 Å². The predicted molar refractivity (Wildman–Crippen MR) is 110 cm³/mol. The summed E-state index contributed by atoms with van der Waals surface area (Å²) < 4.78 is 5.14. The third-order valence-electron chi connectivity index (χ3n) is 4.03. The number of nitrogens with zero attached hydrogens (tertiary/aromatic N) is 2. The minimum absolute atomic E-state index is 0.0487. The van der Waals surface area contributed by atoms with Crippen LogP contribution in [0.15, 0.2) is 72.9 Å². The van der Waals surface area contributed by atoms with Gasteiger partial charge in [-0.15, -0.1) is 11.3 Å². The molecular weight excluding hydrogens is 356 g/mol. The summed E-state index contributed by atoms with van der Waals surface area (Å²) in [6.07, 6.45) is 5.23. The molecule has 1 amide bonds. The van der Waals surface area contributed by atoms with Crippen molar-refractivity contribution >= 4 is 23.3 Å². The van der Waals surface area contributed by atoms with Gasteiger partial charge in [0.1, 0.15) is 0 Å². The van der Waals surface area contributed by atoms with Crippen molar-refractivity contribution in [3.05, 3.63) is 83.5 Å². The molecule has 0 atom stereocenters. The first kappa shape index (κ1) is 19.0. The van der Waals surface area contributed by atoms with Gasteiger partial charge in [-0.05, 0) is 35.9 Å². The summed E-state index contributed by atoms with van der Waals surface area (Å²) in [6.45, 7) is 1.48. The lowest BCUT2D eigenvalue weighted by atomic mass is 10.2. The number of aromatic nitrogens is 1. The minimum Gasteiger partial charge on any atom is -0.383 e. The maximum Gasteiger partial charge on any atom is 0.247 e. The number of rotatable bonds is 8. The van der Waals surface area contributed by atoms with Gasteiger partial charge in [0.05, 0.1) is 18.8 Å². The molecular formula is C22H22N2O2S. The average molecular weight is 378 g/mol. The van der Waals surface area contributed by atoms with Crippen molar-refractivity contribution in [3.8, 4) is 10.4 Å². The lowest BCUT2D eigenvalue weighted by molar-refractivity contribution is -0.127. The maximum absolute atomic E-state index is 12.7. The number of thiophene rings is 1. The van der Waals surface area contributed by atoms with E-state index in [1.165, 1.54) is 10.4 Å². The number of pyridine rings is 1. The Bertz CT molecular complexity index is 876. The minimum atomic E-state index is -0.0487. The van der Waals surface area contributed by atoms with Gasteiger partial charge in [0.15, 0.2) is 0 Å². The number of hydrogen-bond acceptors (Lipinski definition) is 4. The molecule has 0 aliphatic rings. The summed E-state index contributed by atoms with van der Waals surface area (Å²) in [7, 11) is 1.63. The molecule has 0 saturated heterocycles. The number of carbonyl (C=O) groups is 1. The third kappa shape index (κ3) is 5.61. The van der Waals surface area contributed by atoms with Crippen LogP contribution < -0.4 is 0 Å². The lowest BCUT2D eigenvalue weighted by Crippen LogP contribution is -2.32. The van der Waals surface area contributed by atoms with Crippen LogP contribution in [0.5, 0.6) is 0 Å². The second kappa shape index (κ2) is 9.80. The van der Waals surface area contributed by atoms with Crippen LogP contribution in [0.2, 0.25) is 0 Å². The van der Waals surface area contributed by atoms with E-state index in [9.17, 15) is 4.79 Å². The first-order valence-corrected chi connectivity index (χ1v) is 9.59. The fourth-order valence-corrected chi connectivity index (χ4v) is 3.53. The number of amides is 1. The zero-order valence-electron chi connectivity index (χ0n) is 15.2. The largest absolute Gasteiger partial charge is 0.383 e. The van der Waals surface area contributed by atoms with Gasteiger partial charge in [0.2, 0.25) is 5.91 Å². The van der Waals surface area contributed by atoms with Crippen LogP contribution in [0.3, 0.4) is 0 Å². The Hall–Kier alpha value is -2.76. The van der Waals surface area contributed by atoms with E-state index >= 15 is 0 Å². The van der Waals surface area contributed by atoms with Gasteiger partial charge in [-0.1, -0.05) is 36.4 Å². The van der Waals surface area contributed by atoms with Crippen molar-refractivity contribution in [2.45, 2.75) is 6.54 Å². The van der Waals surface area contributed by atoms with Gasteiger partial charge in [0, 0.05) is 35.7 Å². The summed E-state index contributed by atoms with van der Waals surface area (Å²) in [5, 5.41) is 0. The molecule has 0 N–H and O–H groups in total. The monoisotopic (exact) mass is 378 g/mol. The molecule has 2 heterocycles. The van der Waals surface area contributed by atoms with E-state index in [-0.39, 0.29) is 5.91 Å². The van der Waals surface area contributed by atoms with E-state index < -0.39 is 0 Å². The third-order valence-corrected chi connectivity index (χ3v) is 5.13. The van der Waals surface area contributed by atoms with Crippen LogP contribution in [0, 0.1) is 0 Å². The highest BCUT2D eigenvalue weighted by molar-refractivity contribution is 7.16. The summed E-state index contributed by atoms with van der Waals surface area (Å²) in [5.74, 6) is -0.0487. The summed E-state index contributed by atoms with van der Waals surface area (Å²) in [6, 6.07) is 20.1. The van der Waals surface area contributed by atoms with E-state index in [0.29, 0.717) is 19.7 Å². The van der Waals surface area contributed by atoms with Crippen molar-refractivity contribution in [1.29, 1.82) is 0 Å². The van der Waals surface area contributed by atoms with E-state index in [4.69, 9.17) is 4.74 Å². The highest BCUT2D eigenvalue weighted by atomic mass is 32.1. The maximum atomic E-state index is 12.7. The van der Waals surface area contributed by atoms with E-state index in [2.05, 4.69) is 23.2 Å². The molecule has 5 heteroatoms. The van der Waals surface area contributed by atoms with Gasteiger partial charge in [-0.3, -0.25) is 9.78 Å². The Balaban J connectivity index is 1.68. The molecule has 0 aliphatic carbocycles. The SMILES string of the molecule is COCCN(Cc1ccccn1)C(=O)/C=C/c1ccc(-c2ccccc2)s1. The molecule has 0 radical (unpaired) electrons. The van der Waals surface area contributed by atoms with Crippen molar-refractivity contribution in [2.24, 2.45) is 0 Å². The van der Waals surface area contributed by atoms with Crippen LogP contribution in [-0.4, -0.2) is 36.1 Å². The van der Waals surface area contributed by atoms with Gasteiger partial charge in [-0.2, -0.15) is 0 Å². The van der Waals surface area contributed by atoms with Crippen LogP contribution in [0.4, 0.5) is 0 Å². The fourth-order valence-electron chi connectivity index (χ4n) is 2.61. The summed E-state index contributed by atoms with van der Waals surface area (Å²) in [4.78, 5) is 21.0. The van der Waals surface area contributed by atoms with Gasteiger partial charge in [0.25, 0.3) is 0 Å². The Morgan fingerprint density at radius 1 is 1.11 bits per heavy atom. The second-order valence-electron chi connectivity index (χ2n) is 5.98.